The number of carbonyl (C=O) groups excluding carboxylic acids is 1. The summed E-state index contributed by atoms with van der Waals surface area (Å²) in [6.45, 7) is 0. The van der Waals surface area contributed by atoms with Crippen molar-refractivity contribution in [3.8, 4) is 0 Å². The molecule has 6 heteroatoms. The molecular weight excluding hydrogens is 177 g/mol. The van der Waals surface area contributed by atoms with Gasteiger partial charge in [-0.3, -0.25) is 0 Å². The van der Waals surface area contributed by atoms with Crippen LogP contribution >= 0.6 is 11.8 Å². The number of carboxylic acid groups (broad SMARTS) is 1. The van der Waals surface area contributed by atoms with E-state index < -0.39 is 12.0 Å². The summed E-state index contributed by atoms with van der Waals surface area (Å²) >= 11 is 1.52. The van der Waals surface area contributed by atoms with Crippen molar-refractivity contribution in [2.45, 2.75) is 12.5 Å². The SMILES string of the molecule is CSCC[C@H](NO)C(=O)[O-].[Na+]. The molecule has 0 bridgehead atoms. The summed E-state index contributed by atoms with van der Waals surface area (Å²) in [6, 6.07) is -0.938. The number of carbonyl (C=O) groups is 1. The molecule has 0 rings (SSSR count). The van der Waals surface area contributed by atoms with Crippen LogP contribution in [-0.4, -0.2) is 29.2 Å². The molecule has 1 atom stereocenters. The molecule has 60 valence electrons. The second kappa shape index (κ2) is 8.83. The van der Waals surface area contributed by atoms with Gasteiger partial charge in [-0.15, -0.1) is 0 Å². The van der Waals surface area contributed by atoms with Gasteiger partial charge in [-0.25, -0.2) is 0 Å². The molecule has 0 saturated carbocycles. The predicted octanol–water partition coefficient (Wildman–Crippen LogP) is -4.16. The Morgan fingerprint density at radius 3 is 2.64 bits per heavy atom. The first-order valence-electron chi connectivity index (χ1n) is 2.81. The summed E-state index contributed by atoms with van der Waals surface area (Å²) in [7, 11) is 0. The third-order valence-electron chi connectivity index (χ3n) is 1.05. The molecule has 0 unspecified atom stereocenters. The minimum atomic E-state index is -1.27. The summed E-state index contributed by atoms with van der Waals surface area (Å²) in [5.41, 5.74) is 1.66. The van der Waals surface area contributed by atoms with Gasteiger partial charge in [0.2, 0.25) is 0 Å². The van der Waals surface area contributed by atoms with Crippen LogP contribution in [-0.2, 0) is 4.79 Å². The predicted molar refractivity (Wildman–Crippen MR) is 36.7 cm³/mol. The number of hydrogen-bond acceptors (Lipinski definition) is 5. The third-order valence-corrected chi connectivity index (χ3v) is 1.69. The Kier molecular flexibility index (Phi) is 11.5. The van der Waals surface area contributed by atoms with Gasteiger partial charge in [0.1, 0.15) is 0 Å². The molecule has 0 spiro atoms. The van der Waals surface area contributed by atoms with Gasteiger partial charge in [-0.05, 0) is 18.4 Å². The fourth-order valence-electron chi connectivity index (χ4n) is 0.471. The van der Waals surface area contributed by atoms with E-state index in [9.17, 15) is 9.90 Å². The van der Waals surface area contributed by atoms with Crippen LogP contribution in [0.4, 0.5) is 0 Å². The second-order valence-electron chi connectivity index (χ2n) is 1.78. The summed E-state index contributed by atoms with van der Waals surface area (Å²) in [5, 5.41) is 18.3. The van der Waals surface area contributed by atoms with Crippen molar-refractivity contribution in [1.29, 1.82) is 0 Å². The first kappa shape index (κ1) is 14.3. The zero-order valence-electron chi connectivity index (χ0n) is 6.66. The molecule has 4 nitrogen and oxygen atoms in total. The molecule has 0 fully saturated rings. The zero-order chi connectivity index (χ0) is 7.98. The Morgan fingerprint density at radius 1 is 1.82 bits per heavy atom. The second-order valence-corrected chi connectivity index (χ2v) is 2.77. The first-order chi connectivity index (χ1) is 4.72. The number of hydroxylamine groups is 1. The maximum absolute atomic E-state index is 10.1. The van der Waals surface area contributed by atoms with E-state index in [4.69, 9.17) is 5.21 Å². The Hall–Kier alpha value is 0.740. The summed E-state index contributed by atoms with van der Waals surface area (Å²) < 4.78 is 0. The van der Waals surface area contributed by atoms with Crippen molar-refractivity contribution in [3.05, 3.63) is 0 Å². The maximum Gasteiger partial charge on any atom is 1.00 e. The topological polar surface area (TPSA) is 72.4 Å². The number of rotatable bonds is 5. The van der Waals surface area contributed by atoms with E-state index in [-0.39, 0.29) is 29.6 Å². The van der Waals surface area contributed by atoms with E-state index in [0.29, 0.717) is 12.2 Å². The summed E-state index contributed by atoms with van der Waals surface area (Å²) in [6.07, 6.45) is 2.24. The van der Waals surface area contributed by atoms with Crippen molar-refractivity contribution in [3.63, 3.8) is 0 Å². The van der Waals surface area contributed by atoms with E-state index in [1.807, 2.05) is 6.26 Å². The van der Waals surface area contributed by atoms with Crippen molar-refractivity contribution in [1.82, 2.24) is 5.48 Å². The fourth-order valence-corrected chi connectivity index (χ4v) is 0.942. The molecule has 0 aromatic heterocycles. The average molecular weight is 187 g/mol. The van der Waals surface area contributed by atoms with Crippen LogP contribution in [0.5, 0.6) is 0 Å². The standard InChI is InChI=1S/C5H11NO3S.Na/c1-10-3-2-4(6-9)5(7)8;/h4,6,9H,2-3H2,1H3,(H,7,8);/q;+1/p-1/t4-;/m0./s1. The van der Waals surface area contributed by atoms with Gasteiger partial charge in [0.25, 0.3) is 0 Å². The number of hydrogen-bond donors (Lipinski definition) is 2. The molecule has 0 aromatic carbocycles. The van der Waals surface area contributed by atoms with Crippen LogP contribution in [0.25, 0.3) is 0 Å². The molecule has 0 heterocycles. The molecule has 0 amide bonds. The Labute approximate surface area is 92.0 Å². The number of carboxylic acids is 1. The van der Waals surface area contributed by atoms with E-state index in [1.165, 1.54) is 11.8 Å². The molecular formula is C5H10NNaO3S. The fraction of sp³-hybridized carbons (Fsp3) is 0.800. The van der Waals surface area contributed by atoms with E-state index >= 15 is 0 Å². The summed E-state index contributed by atoms with van der Waals surface area (Å²) in [5.74, 6) is -0.580. The van der Waals surface area contributed by atoms with Gasteiger partial charge in [-0.2, -0.15) is 17.2 Å². The Balaban J connectivity index is 0. The summed E-state index contributed by atoms with van der Waals surface area (Å²) in [4.78, 5) is 10.1. The van der Waals surface area contributed by atoms with Gasteiger partial charge < -0.3 is 15.1 Å². The van der Waals surface area contributed by atoms with Gasteiger partial charge >= 0.3 is 29.6 Å². The molecule has 0 aliphatic rings. The largest absolute Gasteiger partial charge is 1.00 e. The molecule has 11 heavy (non-hydrogen) atoms. The minimum Gasteiger partial charge on any atom is -0.548 e. The average Bonchev–Trinajstić information content (AvgIpc) is 1.89. The molecule has 0 aromatic rings. The van der Waals surface area contributed by atoms with Gasteiger partial charge in [-0.1, -0.05) is 0 Å². The van der Waals surface area contributed by atoms with E-state index in [1.54, 1.807) is 5.48 Å². The van der Waals surface area contributed by atoms with Crippen molar-refractivity contribution in [2.75, 3.05) is 12.0 Å². The monoisotopic (exact) mass is 187 g/mol. The quantitative estimate of drug-likeness (QED) is 0.337. The van der Waals surface area contributed by atoms with E-state index in [2.05, 4.69) is 0 Å². The Morgan fingerprint density at radius 2 is 2.36 bits per heavy atom. The Bertz CT molecular complexity index is 114. The van der Waals surface area contributed by atoms with Gasteiger partial charge in [0.15, 0.2) is 0 Å². The van der Waals surface area contributed by atoms with Crippen molar-refractivity contribution < 1.29 is 44.7 Å². The van der Waals surface area contributed by atoms with Crippen LogP contribution in [0, 0.1) is 0 Å². The number of nitrogens with one attached hydrogen (secondary N) is 1. The molecule has 0 aliphatic carbocycles. The minimum absolute atomic E-state index is 0. The number of aliphatic carboxylic acids is 1. The number of thioether (sulfide) groups is 1. The van der Waals surface area contributed by atoms with Crippen molar-refractivity contribution >= 4 is 17.7 Å². The van der Waals surface area contributed by atoms with Crippen LogP contribution in [0.1, 0.15) is 6.42 Å². The first-order valence-corrected chi connectivity index (χ1v) is 4.21. The van der Waals surface area contributed by atoms with Gasteiger partial charge in [0.05, 0.1) is 12.0 Å². The van der Waals surface area contributed by atoms with Crippen LogP contribution < -0.4 is 40.1 Å². The van der Waals surface area contributed by atoms with E-state index in [0.717, 1.165) is 0 Å². The molecule has 0 aliphatic heterocycles. The smallest absolute Gasteiger partial charge is 0.548 e. The zero-order valence-corrected chi connectivity index (χ0v) is 9.48. The molecule has 2 N–H and O–H groups in total. The van der Waals surface area contributed by atoms with Crippen molar-refractivity contribution in [2.24, 2.45) is 0 Å². The van der Waals surface area contributed by atoms with Gasteiger partial charge in [0, 0.05) is 0 Å². The van der Waals surface area contributed by atoms with Crippen LogP contribution in [0.15, 0.2) is 0 Å². The third kappa shape index (κ3) is 7.11. The van der Waals surface area contributed by atoms with Crippen LogP contribution in [0.3, 0.4) is 0 Å². The molecule has 0 saturated heterocycles. The van der Waals surface area contributed by atoms with Crippen LogP contribution in [0.2, 0.25) is 0 Å². The maximum atomic E-state index is 10.1. The normalized spacial score (nSPS) is 11.8. The molecule has 0 radical (unpaired) electrons.